The molecule has 0 fully saturated rings. The minimum Gasteiger partial charge on any atom is -0.393 e. The van der Waals surface area contributed by atoms with Crippen molar-refractivity contribution in [2.45, 2.75) is 6.92 Å². The molecule has 0 amide bonds. The first-order chi connectivity index (χ1) is 6.79. The molecule has 1 aromatic carbocycles. The fourth-order valence-electron chi connectivity index (χ4n) is 1.16. The Hall–Kier alpha value is -1.08. The van der Waals surface area contributed by atoms with Crippen LogP contribution in [0.3, 0.4) is 0 Å². The Bertz CT molecular complexity index is 330. The number of hydrogen-bond donors (Lipinski definition) is 0. The van der Waals surface area contributed by atoms with E-state index in [9.17, 15) is 0 Å². The zero-order valence-corrected chi connectivity index (χ0v) is 9.41. The fraction of sp³-hybridized carbons (Fsp3) is 0.273. The third-order valence-electron chi connectivity index (χ3n) is 1.84. The average Bonchev–Trinajstić information content (AvgIpc) is 2.21. The lowest BCUT2D eigenvalue weighted by Gasteiger charge is -2.12. The molecule has 0 N–H and O–H groups in total. The van der Waals surface area contributed by atoms with Crippen LogP contribution in [-0.2, 0) is 8.85 Å². The second kappa shape index (κ2) is 5.61. The Morgan fingerprint density at radius 1 is 1.43 bits per heavy atom. The summed E-state index contributed by atoms with van der Waals surface area (Å²) in [5.74, 6) is 2.44. The zero-order valence-electron chi connectivity index (χ0n) is 8.41. The quantitative estimate of drug-likeness (QED) is 0.539. The van der Waals surface area contributed by atoms with Crippen LogP contribution in [0.4, 0.5) is 0 Å². The average molecular weight is 205 g/mol. The van der Waals surface area contributed by atoms with E-state index in [1.165, 1.54) is 5.56 Å². The summed E-state index contributed by atoms with van der Waals surface area (Å²) in [5.41, 5.74) is 1.18. The lowest BCUT2D eigenvalue weighted by molar-refractivity contribution is 0.269. The molecule has 0 bridgehead atoms. The second-order valence-corrected chi connectivity index (χ2v) is 4.61. The molecule has 73 valence electrons. The van der Waals surface area contributed by atoms with Gasteiger partial charge in [-0.3, -0.25) is 0 Å². The number of aryl methyl sites for hydroxylation is 1. The monoisotopic (exact) mass is 205 g/mol. The van der Waals surface area contributed by atoms with Crippen molar-refractivity contribution >= 4 is 14.5 Å². The van der Waals surface area contributed by atoms with Crippen molar-refractivity contribution in [2.75, 3.05) is 13.7 Å². The molecule has 0 spiro atoms. The molecule has 14 heavy (non-hydrogen) atoms. The highest BCUT2D eigenvalue weighted by Crippen LogP contribution is 1.98. The Kier molecular flexibility index (Phi) is 4.40. The molecule has 1 rings (SSSR count). The summed E-state index contributed by atoms with van der Waals surface area (Å²) in [6, 6.07) is 8.03. The lowest BCUT2D eigenvalue weighted by atomic mass is 10.2. The van der Waals surface area contributed by atoms with Gasteiger partial charge < -0.3 is 8.85 Å². The van der Waals surface area contributed by atoms with Crippen LogP contribution in [0.25, 0.3) is 0 Å². The molecule has 0 saturated heterocycles. The van der Waals surface area contributed by atoms with E-state index in [1.807, 2.05) is 31.2 Å². The van der Waals surface area contributed by atoms with Crippen LogP contribution in [0, 0.1) is 19.3 Å². The maximum atomic E-state index is 5.45. The zero-order chi connectivity index (χ0) is 10.4. The van der Waals surface area contributed by atoms with Gasteiger partial charge in [0.05, 0.1) is 6.61 Å². The fourth-order valence-corrected chi connectivity index (χ4v) is 2.50. The van der Waals surface area contributed by atoms with Crippen LogP contribution in [0.15, 0.2) is 24.3 Å². The highest BCUT2D eigenvalue weighted by Gasteiger charge is 2.18. The van der Waals surface area contributed by atoms with Gasteiger partial charge in [-0.25, -0.2) is 0 Å². The first-order valence-corrected chi connectivity index (χ1v) is 5.64. The third-order valence-corrected chi connectivity index (χ3v) is 3.62. The molecule has 0 heterocycles. The summed E-state index contributed by atoms with van der Waals surface area (Å²) < 4.78 is 10.8. The summed E-state index contributed by atoms with van der Waals surface area (Å²) in [4.78, 5) is 0. The van der Waals surface area contributed by atoms with Crippen molar-refractivity contribution in [1.82, 2.24) is 0 Å². The number of hydrogen-bond acceptors (Lipinski definition) is 2. The van der Waals surface area contributed by atoms with Crippen LogP contribution >= 0.6 is 0 Å². The van der Waals surface area contributed by atoms with Crippen LogP contribution in [-0.4, -0.2) is 23.0 Å². The van der Waals surface area contributed by atoms with Gasteiger partial charge in [-0.2, -0.15) is 0 Å². The Morgan fingerprint density at radius 2 is 2.14 bits per heavy atom. The van der Waals surface area contributed by atoms with Crippen molar-refractivity contribution in [1.29, 1.82) is 0 Å². The van der Waals surface area contributed by atoms with Gasteiger partial charge in [-0.1, -0.05) is 30.2 Å². The van der Waals surface area contributed by atoms with E-state index in [0.717, 1.165) is 5.19 Å². The lowest BCUT2D eigenvalue weighted by Crippen LogP contribution is -2.37. The molecule has 0 aliphatic rings. The second-order valence-electron chi connectivity index (χ2n) is 2.80. The molecule has 0 saturated carbocycles. The number of benzene rings is 1. The minimum atomic E-state index is -1.40. The first-order valence-electron chi connectivity index (χ1n) is 4.32. The van der Waals surface area contributed by atoms with E-state index < -0.39 is 9.28 Å². The van der Waals surface area contributed by atoms with Gasteiger partial charge >= 0.3 is 9.28 Å². The molecular weight excluding hydrogens is 192 g/mol. The van der Waals surface area contributed by atoms with E-state index >= 15 is 0 Å². The van der Waals surface area contributed by atoms with Crippen molar-refractivity contribution in [2.24, 2.45) is 0 Å². The standard InChI is InChI=1S/C11H13O2Si/c1-4-9-13-14(12-3)11-8-6-5-7-10(11)2/h1,5-8H,9H2,2-3H3. The molecule has 1 aromatic rings. The first kappa shape index (κ1) is 11.0. The van der Waals surface area contributed by atoms with E-state index in [0.29, 0.717) is 6.61 Å². The third kappa shape index (κ3) is 2.71. The van der Waals surface area contributed by atoms with Gasteiger partial charge in [0.15, 0.2) is 0 Å². The summed E-state index contributed by atoms with van der Waals surface area (Å²) in [5, 5.41) is 1.12. The Balaban J connectivity index is 2.79. The predicted octanol–water partition coefficient (Wildman–Crippen LogP) is 0.986. The SMILES string of the molecule is C#CCO[Si](OC)c1ccccc1C. The van der Waals surface area contributed by atoms with E-state index in [-0.39, 0.29) is 0 Å². The van der Waals surface area contributed by atoms with Gasteiger partial charge in [0, 0.05) is 7.11 Å². The van der Waals surface area contributed by atoms with Gasteiger partial charge in [0.2, 0.25) is 0 Å². The summed E-state index contributed by atoms with van der Waals surface area (Å²) in [6.45, 7) is 2.34. The maximum Gasteiger partial charge on any atom is 0.424 e. The van der Waals surface area contributed by atoms with Crippen molar-refractivity contribution in [3.63, 3.8) is 0 Å². The van der Waals surface area contributed by atoms with E-state index in [1.54, 1.807) is 7.11 Å². The largest absolute Gasteiger partial charge is 0.424 e. The van der Waals surface area contributed by atoms with Crippen LogP contribution < -0.4 is 5.19 Å². The molecule has 0 atom stereocenters. The molecule has 3 heteroatoms. The maximum absolute atomic E-state index is 5.45. The minimum absolute atomic E-state index is 0.302. The summed E-state index contributed by atoms with van der Waals surface area (Å²) in [7, 11) is 0.253. The van der Waals surface area contributed by atoms with E-state index in [2.05, 4.69) is 5.92 Å². The molecule has 0 aliphatic heterocycles. The van der Waals surface area contributed by atoms with Gasteiger partial charge in [0.25, 0.3) is 0 Å². The summed E-state index contributed by atoms with van der Waals surface area (Å²) >= 11 is 0. The predicted molar refractivity (Wildman–Crippen MR) is 58.4 cm³/mol. The highest BCUT2D eigenvalue weighted by atomic mass is 28.3. The molecular formula is C11H13O2Si. The van der Waals surface area contributed by atoms with Gasteiger partial charge in [0.1, 0.15) is 0 Å². The van der Waals surface area contributed by atoms with Crippen LogP contribution in [0.2, 0.25) is 0 Å². The molecule has 1 radical (unpaired) electrons. The Morgan fingerprint density at radius 3 is 2.71 bits per heavy atom. The van der Waals surface area contributed by atoms with Gasteiger partial charge in [-0.05, 0) is 17.7 Å². The van der Waals surface area contributed by atoms with Crippen LogP contribution in [0.5, 0.6) is 0 Å². The smallest absolute Gasteiger partial charge is 0.393 e. The summed E-state index contributed by atoms with van der Waals surface area (Å²) in [6.07, 6.45) is 5.13. The molecule has 0 aliphatic carbocycles. The number of terminal acetylenes is 1. The Labute approximate surface area is 86.7 Å². The molecule has 0 aromatic heterocycles. The van der Waals surface area contributed by atoms with Crippen molar-refractivity contribution < 1.29 is 8.85 Å². The van der Waals surface area contributed by atoms with E-state index in [4.69, 9.17) is 15.3 Å². The number of rotatable bonds is 4. The molecule has 2 nitrogen and oxygen atoms in total. The van der Waals surface area contributed by atoms with Crippen LogP contribution in [0.1, 0.15) is 5.56 Å². The topological polar surface area (TPSA) is 18.5 Å². The highest BCUT2D eigenvalue weighted by molar-refractivity contribution is 6.61. The normalized spacial score (nSPS) is 10.1. The molecule has 0 unspecified atom stereocenters. The van der Waals surface area contributed by atoms with Gasteiger partial charge in [-0.15, -0.1) is 6.42 Å². The van der Waals surface area contributed by atoms with Crippen molar-refractivity contribution in [3.05, 3.63) is 29.8 Å². The van der Waals surface area contributed by atoms with Crippen molar-refractivity contribution in [3.8, 4) is 12.3 Å².